The molecule has 0 amide bonds. The maximum atomic E-state index is 5.60. The monoisotopic (exact) mass is 346 g/mol. The molecule has 0 aliphatic heterocycles. The van der Waals surface area contributed by atoms with Crippen LogP contribution in [0.1, 0.15) is 71.1 Å². The molecule has 23 heavy (non-hydrogen) atoms. The Hall–Kier alpha value is 0.0969. The molecular formula is C19H42O3Si. The van der Waals surface area contributed by atoms with E-state index in [9.17, 15) is 0 Å². The van der Waals surface area contributed by atoms with Crippen molar-refractivity contribution in [3.05, 3.63) is 0 Å². The molecule has 0 N–H and O–H groups in total. The van der Waals surface area contributed by atoms with Crippen LogP contribution in [-0.2, 0) is 13.9 Å². The number of ether oxygens (including phenoxy) is 2. The van der Waals surface area contributed by atoms with Gasteiger partial charge in [0.05, 0.1) is 0 Å². The van der Waals surface area contributed by atoms with Gasteiger partial charge in [0.2, 0.25) is 0 Å². The lowest BCUT2D eigenvalue weighted by atomic mass is 10.1. The van der Waals surface area contributed by atoms with Crippen LogP contribution in [0.25, 0.3) is 0 Å². The Balaban J connectivity index is 3.05. The summed E-state index contributed by atoms with van der Waals surface area (Å²) < 4.78 is 16.5. The Kier molecular flexibility index (Phi) is 17.0. The van der Waals surface area contributed by atoms with Gasteiger partial charge in [-0.05, 0) is 38.9 Å². The van der Waals surface area contributed by atoms with E-state index in [0.717, 1.165) is 32.8 Å². The smallest absolute Gasteiger partial charge is 0.186 e. The molecular weight excluding hydrogens is 304 g/mol. The maximum Gasteiger partial charge on any atom is 0.186 e. The highest BCUT2D eigenvalue weighted by Gasteiger charge is 2.18. The minimum Gasteiger partial charge on any atom is -0.420 e. The molecule has 0 rings (SSSR count). The topological polar surface area (TPSA) is 27.7 Å². The summed E-state index contributed by atoms with van der Waals surface area (Å²) in [6, 6.07) is 1.31. The molecule has 0 unspecified atom stereocenters. The van der Waals surface area contributed by atoms with Crippen molar-refractivity contribution in [3.8, 4) is 0 Å². The zero-order valence-electron chi connectivity index (χ0n) is 16.3. The van der Waals surface area contributed by atoms with E-state index in [4.69, 9.17) is 13.9 Å². The summed E-state index contributed by atoms with van der Waals surface area (Å²) in [5.74, 6) is 0. The highest BCUT2D eigenvalue weighted by molar-refractivity contribution is 6.71. The predicted molar refractivity (Wildman–Crippen MR) is 103 cm³/mol. The first-order chi connectivity index (χ1) is 11.1. The molecule has 0 radical (unpaired) electrons. The molecule has 0 aliphatic carbocycles. The van der Waals surface area contributed by atoms with E-state index in [1.54, 1.807) is 0 Å². The molecule has 0 aromatic rings. The van der Waals surface area contributed by atoms with Gasteiger partial charge in [-0.25, -0.2) is 0 Å². The van der Waals surface area contributed by atoms with Crippen molar-refractivity contribution in [1.29, 1.82) is 0 Å². The van der Waals surface area contributed by atoms with E-state index in [1.807, 2.05) is 14.0 Å². The minimum atomic E-state index is -1.30. The average molecular weight is 347 g/mol. The van der Waals surface area contributed by atoms with Crippen LogP contribution in [-0.4, -0.2) is 41.9 Å². The fourth-order valence-electron chi connectivity index (χ4n) is 2.60. The molecule has 0 aliphatic rings. The fraction of sp³-hybridized carbons (Fsp3) is 1.00. The second-order valence-electron chi connectivity index (χ2n) is 7.06. The van der Waals surface area contributed by atoms with Crippen molar-refractivity contribution in [2.45, 2.75) is 90.3 Å². The van der Waals surface area contributed by atoms with Gasteiger partial charge in [0.25, 0.3) is 0 Å². The van der Waals surface area contributed by atoms with Gasteiger partial charge in [-0.3, -0.25) is 0 Å². The summed E-state index contributed by atoms with van der Waals surface area (Å²) in [7, 11) is 0.570. The largest absolute Gasteiger partial charge is 0.420 e. The number of hydrogen-bond donors (Lipinski definition) is 0. The summed E-state index contributed by atoms with van der Waals surface area (Å²) in [5.41, 5.74) is 0. The van der Waals surface area contributed by atoms with Crippen LogP contribution in [0.15, 0.2) is 0 Å². The van der Waals surface area contributed by atoms with E-state index in [-0.39, 0.29) is 0 Å². The van der Waals surface area contributed by atoms with Crippen LogP contribution >= 0.6 is 0 Å². The zero-order chi connectivity index (χ0) is 17.2. The molecule has 4 heteroatoms. The molecule has 0 atom stereocenters. The van der Waals surface area contributed by atoms with Gasteiger partial charge < -0.3 is 13.9 Å². The second-order valence-corrected chi connectivity index (χ2v) is 11.5. The molecule has 0 aromatic carbocycles. The lowest BCUT2D eigenvalue weighted by Gasteiger charge is -2.19. The van der Waals surface area contributed by atoms with E-state index in [1.165, 1.54) is 63.8 Å². The Morgan fingerprint density at radius 3 is 1.65 bits per heavy atom. The quantitative estimate of drug-likeness (QED) is 0.232. The van der Waals surface area contributed by atoms with Gasteiger partial charge in [0, 0.05) is 33.5 Å². The summed E-state index contributed by atoms with van der Waals surface area (Å²) in [4.78, 5) is 0. The normalized spacial score (nSPS) is 12.0. The third-order valence-electron chi connectivity index (χ3n) is 4.40. The third kappa shape index (κ3) is 18.3. The summed E-state index contributed by atoms with van der Waals surface area (Å²) >= 11 is 0. The third-order valence-corrected chi connectivity index (χ3v) is 7.06. The molecule has 3 nitrogen and oxygen atoms in total. The zero-order valence-corrected chi connectivity index (χ0v) is 17.3. The van der Waals surface area contributed by atoms with Gasteiger partial charge in [0.15, 0.2) is 8.32 Å². The van der Waals surface area contributed by atoms with Crippen molar-refractivity contribution in [2.75, 3.05) is 33.5 Å². The Bertz CT molecular complexity index is 235. The number of rotatable bonds is 18. The van der Waals surface area contributed by atoms with E-state index < -0.39 is 8.32 Å². The average Bonchev–Trinajstić information content (AvgIpc) is 2.54. The fourth-order valence-corrected chi connectivity index (χ4v) is 3.91. The van der Waals surface area contributed by atoms with E-state index in [0.29, 0.717) is 0 Å². The van der Waals surface area contributed by atoms with Crippen LogP contribution in [0.4, 0.5) is 0 Å². The van der Waals surface area contributed by atoms with Gasteiger partial charge in [-0.2, -0.15) is 0 Å². The summed E-state index contributed by atoms with van der Waals surface area (Å²) in [6.45, 7) is 10.1. The van der Waals surface area contributed by atoms with Gasteiger partial charge >= 0.3 is 0 Å². The van der Waals surface area contributed by atoms with Gasteiger partial charge in [-0.1, -0.05) is 51.4 Å². The summed E-state index contributed by atoms with van der Waals surface area (Å²) in [6.07, 6.45) is 13.3. The van der Waals surface area contributed by atoms with Crippen LogP contribution in [0.2, 0.25) is 19.1 Å². The standard InChI is InChI=1S/C19H42O3Si/c1-5-21-17-15-18-22-16-13-11-9-7-6-8-10-12-14-19-23(3,4)20-2/h5-19H2,1-4H3. The Morgan fingerprint density at radius 1 is 0.609 bits per heavy atom. The van der Waals surface area contributed by atoms with Crippen LogP contribution in [0.3, 0.4) is 0 Å². The first-order valence-corrected chi connectivity index (χ1v) is 12.9. The van der Waals surface area contributed by atoms with Gasteiger partial charge in [-0.15, -0.1) is 0 Å². The minimum absolute atomic E-state index is 0.812. The predicted octanol–water partition coefficient (Wildman–Crippen LogP) is 5.79. The first kappa shape index (κ1) is 23.1. The highest BCUT2D eigenvalue weighted by Crippen LogP contribution is 2.16. The molecule has 0 saturated carbocycles. The van der Waals surface area contributed by atoms with Crippen LogP contribution < -0.4 is 0 Å². The molecule has 0 bridgehead atoms. The van der Waals surface area contributed by atoms with E-state index in [2.05, 4.69) is 13.1 Å². The van der Waals surface area contributed by atoms with Crippen molar-refractivity contribution >= 4 is 8.32 Å². The molecule has 0 spiro atoms. The molecule has 0 fully saturated rings. The van der Waals surface area contributed by atoms with Crippen LogP contribution in [0.5, 0.6) is 0 Å². The Morgan fingerprint density at radius 2 is 1.09 bits per heavy atom. The van der Waals surface area contributed by atoms with Crippen molar-refractivity contribution < 1.29 is 13.9 Å². The Labute approximate surface area is 146 Å². The summed E-state index contributed by atoms with van der Waals surface area (Å²) in [5, 5.41) is 0. The number of unbranched alkanes of at least 4 members (excludes halogenated alkanes) is 8. The molecule has 0 heterocycles. The van der Waals surface area contributed by atoms with Crippen molar-refractivity contribution in [3.63, 3.8) is 0 Å². The lowest BCUT2D eigenvalue weighted by Crippen LogP contribution is -2.27. The first-order valence-electron chi connectivity index (χ1n) is 9.83. The molecule has 140 valence electrons. The SMILES string of the molecule is CCOCCCOCCCCCCCCCCC[Si](C)(C)OC. The van der Waals surface area contributed by atoms with Crippen molar-refractivity contribution in [2.24, 2.45) is 0 Å². The van der Waals surface area contributed by atoms with Crippen molar-refractivity contribution in [1.82, 2.24) is 0 Å². The van der Waals surface area contributed by atoms with E-state index >= 15 is 0 Å². The number of hydrogen-bond acceptors (Lipinski definition) is 3. The van der Waals surface area contributed by atoms with Gasteiger partial charge in [0.1, 0.15) is 0 Å². The molecule has 0 aromatic heterocycles. The molecule has 0 saturated heterocycles. The lowest BCUT2D eigenvalue weighted by molar-refractivity contribution is 0.0860. The highest BCUT2D eigenvalue weighted by atomic mass is 28.4. The second kappa shape index (κ2) is 16.9. The maximum absolute atomic E-state index is 5.60. The van der Waals surface area contributed by atoms with Crippen LogP contribution in [0, 0.1) is 0 Å².